The Morgan fingerprint density at radius 2 is 1.72 bits per heavy atom. The van der Waals surface area contributed by atoms with Gasteiger partial charge in [0.05, 0.1) is 17.6 Å². The van der Waals surface area contributed by atoms with E-state index < -0.39 is 0 Å². The molecule has 0 spiro atoms. The lowest BCUT2D eigenvalue weighted by Crippen LogP contribution is -2.12. The van der Waals surface area contributed by atoms with E-state index >= 15 is 0 Å². The van der Waals surface area contributed by atoms with E-state index in [9.17, 15) is 0 Å². The Bertz CT molecular complexity index is 526. The van der Waals surface area contributed by atoms with Crippen LogP contribution in [0.2, 0.25) is 0 Å². The Hall–Kier alpha value is -1.91. The maximum Gasteiger partial charge on any atom is 0.154 e. The van der Waals surface area contributed by atoms with Gasteiger partial charge in [-0.1, -0.05) is 13.8 Å². The summed E-state index contributed by atoms with van der Waals surface area (Å²) in [4.78, 5) is 4.51. The van der Waals surface area contributed by atoms with Crippen LogP contribution in [0.4, 0.5) is 0 Å². The number of nitrogens with zero attached hydrogens (tertiary/aromatic N) is 5. The van der Waals surface area contributed by atoms with Crippen molar-refractivity contribution in [3.63, 3.8) is 0 Å². The molecular formula is C13H17N5. The summed E-state index contributed by atoms with van der Waals surface area (Å²) in [5, 5.41) is 16.0. The van der Waals surface area contributed by atoms with Gasteiger partial charge in [0.15, 0.2) is 5.82 Å². The van der Waals surface area contributed by atoms with Gasteiger partial charge in [-0.2, -0.15) is 15.3 Å². The molecule has 0 radical (unpaired) electrons. The standard InChI is InChI=1S/C13H17N5/c1-8(12-5-6-14-15-7-12)9(2)13-16-10(3)11(4)17-18-13/h5-9H,1-4H3. The summed E-state index contributed by atoms with van der Waals surface area (Å²) in [5.41, 5.74) is 2.95. The SMILES string of the molecule is Cc1nnc(C(C)C(C)c2ccnnc2)nc1C. The molecule has 0 amide bonds. The second-order valence-corrected chi connectivity index (χ2v) is 4.59. The van der Waals surface area contributed by atoms with Gasteiger partial charge in [0.1, 0.15) is 0 Å². The van der Waals surface area contributed by atoms with Crippen LogP contribution in [-0.2, 0) is 0 Å². The smallest absolute Gasteiger partial charge is 0.154 e. The van der Waals surface area contributed by atoms with Crippen molar-refractivity contribution in [2.24, 2.45) is 0 Å². The molecule has 2 aromatic rings. The normalized spacial score (nSPS) is 14.2. The largest absolute Gasteiger partial charge is 0.234 e. The highest BCUT2D eigenvalue weighted by atomic mass is 15.2. The van der Waals surface area contributed by atoms with Gasteiger partial charge in [-0.05, 0) is 31.4 Å². The first-order valence-electron chi connectivity index (χ1n) is 6.04. The molecule has 18 heavy (non-hydrogen) atoms. The Balaban J connectivity index is 2.25. The minimum Gasteiger partial charge on any atom is -0.234 e. The maximum atomic E-state index is 4.51. The third kappa shape index (κ3) is 2.50. The zero-order chi connectivity index (χ0) is 13.1. The average molecular weight is 243 g/mol. The molecule has 0 aliphatic heterocycles. The summed E-state index contributed by atoms with van der Waals surface area (Å²) >= 11 is 0. The van der Waals surface area contributed by atoms with Crippen LogP contribution in [0.1, 0.15) is 48.5 Å². The lowest BCUT2D eigenvalue weighted by molar-refractivity contribution is 0.570. The lowest BCUT2D eigenvalue weighted by Gasteiger charge is -2.18. The quantitative estimate of drug-likeness (QED) is 0.826. The molecule has 2 unspecified atom stereocenters. The van der Waals surface area contributed by atoms with E-state index in [4.69, 9.17) is 0 Å². The van der Waals surface area contributed by atoms with Crippen molar-refractivity contribution >= 4 is 0 Å². The Labute approximate surface area is 107 Å². The van der Waals surface area contributed by atoms with Gasteiger partial charge in [-0.15, -0.1) is 5.10 Å². The van der Waals surface area contributed by atoms with Crippen molar-refractivity contribution in [2.45, 2.75) is 39.5 Å². The van der Waals surface area contributed by atoms with E-state index in [2.05, 4.69) is 39.2 Å². The third-order valence-corrected chi connectivity index (χ3v) is 3.40. The van der Waals surface area contributed by atoms with E-state index in [1.807, 2.05) is 19.9 Å². The predicted molar refractivity (Wildman–Crippen MR) is 68.2 cm³/mol. The molecule has 5 heteroatoms. The molecule has 0 aliphatic rings. The lowest BCUT2D eigenvalue weighted by atomic mass is 9.89. The third-order valence-electron chi connectivity index (χ3n) is 3.40. The first kappa shape index (κ1) is 12.5. The highest BCUT2D eigenvalue weighted by Gasteiger charge is 2.20. The molecule has 5 nitrogen and oxygen atoms in total. The maximum absolute atomic E-state index is 4.51. The van der Waals surface area contributed by atoms with Crippen molar-refractivity contribution in [1.29, 1.82) is 0 Å². The van der Waals surface area contributed by atoms with E-state index in [0.717, 1.165) is 22.8 Å². The van der Waals surface area contributed by atoms with Crippen LogP contribution in [0.3, 0.4) is 0 Å². The summed E-state index contributed by atoms with van der Waals surface area (Å²) in [5.74, 6) is 1.26. The van der Waals surface area contributed by atoms with Crippen molar-refractivity contribution < 1.29 is 0 Å². The zero-order valence-electron chi connectivity index (χ0n) is 11.1. The first-order chi connectivity index (χ1) is 8.59. The fraction of sp³-hybridized carbons (Fsp3) is 0.462. The van der Waals surface area contributed by atoms with E-state index in [1.165, 1.54) is 0 Å². The highest BCUT2D eigenvalue weighted by molar-refractivity contribution is 5.17. The van der Waals surface area contributed by atoms with Crippen LogP contribution in [0.5, 0.6) is 0 Å². The molecule has 2 aromatic heterocycles. The molecular weight excluding hydrogens is 226 g/mol. The van der Waals surface area contributed by atoms with Crippen molar-refractivity contribution in [3.8, 4) is 0 Å². The Morgan fingerprint density at radius 3 is 2.33 bits per heavy atom. The molecule has 0 saturated carbocycles. The summed E-state index contributed by atoms with van der Waals surface area (Å²) in [6.45, 7) is 8.12. The molecule has 2 heterocycles. The summed E-state index contributed by atoms with van der Waals surface area (Å²) in [7, 11) is 0. The minimum absolute atomic E-state index is 0.195. The van der Waals surface area contributed by atoms with Gasteiger partial charge in [0.25, 0.3) is 0 Å². The first-order valence-corrected chi connectivity index (χ1v) is 6.04. The molecule has 0 aliphatic carbocycles. The van der Waals surface area contributed by atoms with E-state index in [0.29, 0.717) is 0 Å². The van der Waals surface area contributed by atoms with Gasteiger partial charge >= 0.3 is 0 Å². The predicted octanol–water partition coefficient (Wildman–Crippen LogP) is 2.19. The van der Waals surface area contributed by atoms with Crippen molar-refractivity contribution in [1.82, 2.24) is 25.4 Å². The second kappa shape index (κ2) is 5.16. The average Bonchev–Trinajstić information content (AvgIpc) is 2.41. The fourth-order valence-electron chi connectivity index (χ4n) is 1.75. The molecule has 2 atom stereocenters. The molecule has 0 N–H and O–H groups in total. The van der Waals surface area contributed by atoms with Crippen LogP contribution < -0.4 is 0 Å². The monoisotopic (exact) mass is 243 g/mol. The molecule has 0 bridgehead atoms. The van der Waals surface area contributed by atoms with Crippen molar-refractivity contribution in [3.05, 3.63) is 41.2 Å². The number of aryl methyl sites for hydroxylation is 2. The van der Waals surface area contributed by atoms with Gasteiger partial charge < -0.3 is 0 Å². The van der Waals surface area contributed by atoms with Crippen LogP contribution in [0.25, 0.3) is 0 Å². The zero-order valence-corrected chi connectivity index (χ0v) is 11.1. The van der Waals surface area contributed by atoms with Gasteiger partial charge in [0, 0.05) is 12.1 Å². The fourth-order valence-corrected chi connectivity index (χ4v) is 1.75. The van der Waals surface area contributed by atoms with Crippen LogP contribution in [0.15, 0.2) is 18.5 Å². The van der Waals surface area contributed by atoms with E-state index in [-0.39, 0.29) is 11.8 Å². The Morgan fingerprint density at radius 1 is 0.944 bits per heavy atom. The molecule has 0 aromatic carbocycles. The molecule has 2 rings (SSSR count). The van der Waals surface area contributed by atoms with Crippen LogP contribution in [-0.4, -0.2) is 25.4 Å². The number of hydrogen-bond acceptors (Lipinski definition) is 5. The van der Waals surface area contributed by atoms with Gasteiger partial charge in [-0.25, -0.2) is 4.98 Å². The Kier molecular flexibility index (Phi) is 3.60. The number of hydrogen-bond donors (Lipinski definition) is 0. The van der Waals surface area contributed by atoms with Crippen LogP contribution in [0, 0.1) is 13.8 Å². The molecule has 0 fully saturated rings. The minimum atomic E-state index is 0.195. The second-order valence-electron chi connectivity index (χ2n) is 4.59. The molecule has 94 valence electrons. The number of rotatable bonds is 3. The topological polar surface area (TPSA) is 64.5 Å². The number of aromatic nitrogens is 5. The summed E-state index contributed by atoms with van der Waals surface area (Å²) in [6.07, 6.45) is 3.49. The van der Waals surface area contributed by atoms with Gasteiger partial charge in [-0.3, -0.25) is 0 Å². The highest BCUT2D eigenvalue weighted by Crippen LogP contribution is 2.29. The van der Waals surface area contributed by atoms with Crippen LogP contribution >= 0.6 is 0 Å². The summed E-state index contributed by atoms with van der Waals surface area (Å²) < 4.78 is 0. The molecule has 0 saturated heterocycles. The summed E-state index contributed by atoms with van der Waals surface area (Å²) in [6, 6.07) is 1.97. The van der Waals surface area contributed by atoms with E-state index in [1.54, 1.807) is 12.4 Å². The van der Waals surface area contributed by atoms with Gasteiger partial charge in [0.2, 0.25) is 0 Å². The van der Waals surface area contributed by atoms with Crippen molar-refractivity contribution in [2.75, 3.05) is 0 Å².